The van der Waals surface area contributed by atoms with Gasteiger partial charge in [-0.1, -0.05) is 12.2 Å². The summed E-state index contributed by atoms with van der Waals surface area (Å²) in [4.78, 5) is 35.3. The van der Waals surface area contributed by atoms with Gasteiger partial charge >= 0.3 is 5.97 Å². The van der Waals surface area contributed by atoms with Crippen molar-refractivity contribution in [2.24, 2.45) is 0 Å². The number of nitrogens with one attached hydrogen (secondary N) is 2. The maximum atomic E-state index is 12.3. The minimum atomic E-state index is -1.11. The number of carbonyl (C=O) groups is 3. The molecule has 2 amide bonds. The Balaban J connectivity index is 2.37. The second-order valence-electron chi connectivity index (χ2n) is 4.96. The number of anilines is 2. The number of carboxylic acids is 1. The summed E-state index contributed by atoms with van der Waals surface area (Å²) >= 11 is 0. The van der Waals surface area contributed by atoms with Gasteiger partial charge in [-0.05, 0) is 31.0 Å². The number of nitrogen functional groups attached to an aromatic ring is 1. The van der Waals surface area contributed by atoms with Crippen LogP contribution >= 0.6 is 0 Å². The molecule has 0 saturated carbocycles. The first-order chi connectivity index (χ1) is 10.5. The van der Waals surface area contributed by atoms with E-state index in [0.717, 1.165) is 0 Å². The van der Waals surface area contributed by atoms with Gasteiger partial charge in [0.2, 0.25) is 5.91 Å². The first kappa shape index (κ1) is 15.6. The van der Waals surface area contributed by atoms with Gasteiger partial charge in [0.05, 0.1) is 11.3 Å². The van der Waals surface area contributed by atoms with Crippen molar-refractivity contribution in [3.63, 3.8) is 0 Å². The quantitative estimate of drug-likeness (QED) is 0.457. The smallest absolute Gasteiger partial charge is 0.326 e. The number of benzene rings is 1. The Bertz CT molecular complexity index is 640. The van der Waals surface area contributed by atoms with E-state index in [9.17, 15) is 14.4 Å². The van der Waals surface area contributed by atoms with Crippen LogP contribution in [-0.2, 0) is 9.59 Å². The van der Waals surface area contributed by atoms with Crippen LogP contribution in [0.1, 0.15) is 29.6 Å². The van der Waals surface area contributed by atoms with Gasteiger partial charge in [0.25, 0.3) is 5.91 Å². The number of carboxylic acid groups (broad SMARTS) is 1. The zero-order valence-corrected chi connectivity index (χ0v) is 11.8. The van der Waals surface area contributed by atoms with Crippen LogP contribution in [-0.4, -0.2) is 28.9 Å². The molecule has 0 aliphatic carbocycles. The molecule has 7 nitrogen and oxygen atoms in total. The predicted octanol–water partition coefficient (Wildman–Crippen LogP) is 1.13. The highest BCUT2D eigenvalue weighted by molar-refractivity contribution is 6.05. The van der Waals surface area contributed by atoms with Crippen LogP contribution in [0, 0.1) is 0 Å². The van der Waals surface area contributed by atoms with E-state index in [-0.39, 0.29) is 30.0 Å². The Hall–Kier alpha value is -2.83. The summed E-state index contributed by atoms with van der Waals surface area (Å²) < 4.78 is 0. The van der Waals surface area contributed by atoms with E-state index in [0.29, 0.717) is 12.1 Å². The van der Waals surface area contributed by atoms with E-state index < -0.39 is 17.9 Å². The van der Waals surface area contributed by atoms with Crippen molar-refractivity contribution in [2.45, 2.75) is 25.3 Å². The SMILES string of the molecule is Nc1ccc2c(c1)NC(=O)CC/C=C/CC(C(=O)O)NC2=O. The van der Waals surface area contributed by atoms with Crippen LogP contribution < -0.4 is 16.4 Å². The van der Waals surface area contributed by atoms with Gasteiger partial charge in [-0.25, -0.2) is 4.79 Å². The lowest BCUT2D eigenvalue weighted by atomic mass is 10.1. The van der Waals surface area contributed by atoms with Gasteiger partial charge < -0.3 is 21.5 Å². The first-order valence-corrected chi connectivity index (χ1v) is 6.85. The monoisotopic (exact) mass is 303 g/mol. The Morgan fingerprint density at radius 3 is 2.77 bits per heavy atom. The molecule has 5 N–H and O–H groups in total. The fourth-order valence-corrected chi connectivity index (χ4v) is 2.10. The van der Waals surface area contributed by atoms with Crippen molar-refractivity contribution in [2.75, 3.05) is 11.1 Å². The van der Waals surface area contributed by atoms with Gasteiger partial charge in [0.1, 0.15) is 6.04 Å². The number of fused-ring (bicyclic) bond motifs is 1. The molecule has 1 atom stereocenters. The Morgan fingerprint density at radius 1 is 1.27 bits per heavy atom. The van der Waals surface area contributed by atoms with E-state index >= 15 is 0 Å². The lowest BCUT2D eigenvalue weighted by molar-refractivity contribution is -0.139. The third-order valence-corrected chi connectivity index (χ3v) is 3.24. The molecule has 1 heterocycles. The number of aliphatic carboxylic acids is 1. The predicted molar refractivity (Wildman–Crippen MR) is 81.4 cm³/mol. The summed E-state index contributed by atoms with van der Waals surface area (Å²) in [5, 5.41) is 14.2. The number of allylic oxidation sites excluding steroid dienone is 1. The highest BCUT2D eigenvalue weighted by Gasteiger charge is 2.22. The lowest BCUT2D eigenvalue weighted by Gasteiger charge is -2.16. The fourth-order valence-electron chi connectivity index (χ4n) is 2.10. The van der Waals surface area contributed by atoms with Crippen LogP contribution in [0.5, 0.6) is 0 Å². The third-order valence-electron chi connectivity index (χ3n) is 3.24. The van der Waals surface area contributed by atoms with E-state index in [4.69, 9.17) is 10.8 Å². The number of hydrogen-bond donors (Lipinski definition) is 4. The molecule has 7 heteroatoms. The van der Waals surface area contributed by atoms with Crippen LogP contribution in [0.3, 0.4) is 0 Å². The molecule has 0 saturated heterocycles. The first-order valence-electron chi connectivity index (χ1n) is 6.85. The van der Waals surface area contributed by atoms with Crippen molar-refractivity contribution >= 4 is 29.2 Å². The molecule has 0 bridgehead atoms. The van der Waals surface area contributed by atoms with E-state index in [1.807, 2.05) is 0 Å². The minimum absolute atomic E-state index is 0.160. The molecule has 0 radical (unpaired) electrons. The van der Waals surface area contributed by atoms with Gasteiger partial charge in [-0.3, -0.25) is 9.59 Å². The average molecular weight is 303 g/mol. The molecular weight excluding hydrogens is 286 g/mol. The highest BCUT2D eigenvalue weighted by atomic mass is 16.4. The summed E-state index contributed by atoms with van der Waals surface area (Å²) in [6, 6.07) is 3.43. The number of carbonyl (C=O) groups excluding carboxylic acids is 2. The van der Waals surface area contributed by atoms with E-state index in [2.05, 4.69) is 10.6 Å². The number of amides is 2. The largest absolute Gasteiger partial charge is 0.480 e. The Kier molecular flexibility index (Phi) is 4.77. The topological polar surface area (TPSA) is 122 Å². The van der Waals surface area contributed by atoms with Gasteiger partial charge in [-0.2, -0.15) is 0 Å². The normalized spacial score (nSPS) is 20.6. The molecule has 0 aromatic heterocycles. The second-order valence-corrected chi connectivity index (χ2v) is 4.96. The molecule has 1 aliphatic heterocycles. The molecular formula is C15H17N3O4. The maximum absolute atomic E-state index is 12.3. The summed E-state index contributed by atoms with van der Waals surface area (Å²) in [5.41, 5.74) is 6.53. The Labute approximate surface area is 127 Å². The molecule has 1 aromatic rings. The minimum Gasteiger partial charge on any atom is -0.480 e. The van der Waals surface area contributed by atoms with Crippen LogP contribution in [0.25, 0.3) is 0 Å². The highest BCUT2D eigenvalue weighted by Crippen LogP contribution is 2.20. The summed E-state index contributed by atoms with van der Waals surface area (Å²) in [6.45, 7) is 0. The van der Waals surface area contributed by atoms with E-state index in [1.165, 1.54) is 18.2 Å². The van der Waals surface area contributed by atoms with Crippen LogP contribution in [0.4, 0.5) is 11.4 Å². The van der Waals surface area contributed by atoms with Gasteiger partial charge in [0.15, 0.2) is 0 Å². The molecule has 0 spiro atoms. The van der Waals surface area contributed by atoms with E-state index in [1.54, 1.807) is 12.2 Å². The number of rotatable bonds is 1. The standard InChI is InChI=1S/C15H17N3O4/c16-9-6-7-10-12(8-9)17-13(19)5-3-1-2-4-11(15(21)22)18-14(10)20/h1-2,6-8,11H,3-5,16H2,(H,17,19)(H,18,20)(H,21,22)/b2-1+. The number of nitrogens with two attached hydrogens (primary N) is 1. The van der Waals surface area contributed by atoms with Gasteiger partial charge in [0, 0.05) is 12.1 Å². The maximum Gasteiger partial charge on any atom is 0.326 e. The van der Waals surface area contributed by atoms with Crippen molar-refractivity contribution in [1.29, 1.82) is 0 Å². The van der Waals surface area contributed by atoms with Crippen molar-refractivity contribution in [3.05, 3.63) is 35.9 Å². The lowest BCUT2D eigenvalue weighted by Crippen LogP contribution is -2.40. The average Bonchev–Trinajstić information content (AvgIpc) is 2.44. The van der Waals surface area contributed by atoms with Crippen molar-refractivity contribution in [3.8, 4) is 0 Å². The summed E-state index contributed by atoms with van der Waals surface area (Å²) in [7, 11) is 0. The van der Waals surface area contributed by atoms with Crippen LogP contribution in [0.2, 0.25) is 0 Å². The van der Waals surface area contributed by atoms with Crippen molar-refractivity contribution < 1.29 is 19.5 Å². The Morgan fingerprint density at radius 2 is 2.05 bits per heavy atom. The molecule has 1 aromatic carbocycles. The fraction of sp³-hybridized carbons (Fsp3) is 0.267. The third kappa shape index (κ3) is 3.85. The molecule has 116 valence electrons. The van der Waals surface area contributed by atoms with Crippen molar-refractivity contribution in [1.82, 2.24) is 5.32 Å². The zero-order chi connectivity index (χ0) is 16.1. The molecule has 2 rings (SSSR count). The molecule has 1 aliphatic rings. The molecule has 1 unspecified atom stereocenters. The summed E-state index contributed by atoms with van der Waals surface area (Å²) in [5.74, 6) is -1.92. The zero-order valence-electron chi connectivity index (χ0n) is 11.8. The molecule has 22 heavy (non-hydrogen) atoms. The second kappa shape index (κ2) is 6.75. The molecule has 0 fully saturated rings. The van der Waals surface area contributed by atoms with Gasteiger partial charge in [-0.15, -0.1) is 0 Å². The van der Waals surface area contributed by atoms with Crippen LogP contribution in [0.15, 0.2) is 30.4 Å². The summed E-state index contributed by atoms with van der Waals surface area (Å²) in [6.07, 6.45) is 4.27. The number of hydrogen-bond acceptors (Lipinski definition) is 4.